The lowest BCUT2D eigenvalue weighted by Crippen LogP contribution is -2.25. The van der Waals surface area contributed by atoms with Crippen LogP contribution in [0.5, 0.6) is 5.75 Å². The highest BCUT2D eigenvalue weighted by atomic mass is 16.5. The van der Waals surface area contributed by atoms with E-state index in [0.717, 1.165) is 28.8 Å². The van der Waals surface area contributed by atoms with Gasteiger partial charge in [0.15, 0.2) is 0 Å². The van der Waals surface area contributed by atoms with Crippen LogP contribution in [0, 0.1) is 0 Å². The lowest BCUT2D eigenvalue weighted by molar-refractivity contribution is 0.0954. The van der Waals surface area contributed by atoms with E-state index in [2.05, 4.69) is 5.32 Å². The average molecular weight is 339 g/mol. The summed E-state index contributed by atoms with van der Waals surface area (Å²) in [6.45, 7) is 0.539. The van der Waals surface area contributed by atoms with Crippen molar-refractivity contribution in [3.63, 3.8) is 0 Å². The summed E-state index contributed by atoms with van der Waals surface area (Å²) in [6, 6.07) is 13.1. The average Bonchev–Trinajstić information content (AvgIpc) is 2.86. The molecule has 3 aromatic rings. The second kappa shape index (κ2) is 6.84. The highest BCUT2D eigenvalue weighted by molar-refractivity contribution is 5.97. The third-order valence-corrected chi connectivity index (χ3v) is 4.39. The van der Waals surface area contributed by atoms with Gasteiger partial charge in [-0.1, -0.05) is 12.1 Å². The monoisotopic (exact) mass is 339 g/mol. The van der Waals surface area contributed by atoms with Crippen molar-refractivity contribution >= 4 is 16.9 Å². The number of methoxy groups -OCH3 is 1. The van der Waals surface area contributed by atoms with Crippen molar-refractivity contribution in [2.45, 2.75) is 6.42 Å². The number of carbonyl (C=O) groups excluding carboxylic acids is 1. The molecule has 0 aliphatic heterocycles. The molecule has 0 fully saturated rings. The topological polar surface area (TPSA) is 65.3 Å². The van der Waals surface area contributed by atoms with Crippen molar-refractivity contribution in [3.8, 4) is 5.75 Å². The van der Waals surface area contributed by atoms with Crippen LogP contribution in [0.2, 0.25) is 0 Å². The van der Waals surface area contributed by atoms with Crippen LogP contribution in [0.15, 0.2) is 47.3 Å². The predicted molar refractivity (Wildman–Crippen MR) is 97.2 cm³/mol. The van der Waals surface area contributed by atoms with Crippen molar-refractivity contribution in [1.82, 2.24) is 14.5 Å². The number of hydrogen-bond donors (Lipinski definition) is 1. The van der Waals surface area contributed by atoms with Gasteiger partial charge in [0.25, 0.3) is 5.91 Å². The number of benzene rings is 2. The molecule has 0 aliphatic carbocycles. The normalized spacial score (nSPS) is 10.8. The number of nitrogens with zero attached hydrogens (tertiary/aromatic N) is 2. The molecule has 0 unspecified atom stereocenters. The lowest BCUT2D eigenvalue weighted by Gasteiger charge is -2.07. The van der Waals surface area contributed by atoms with E-state index in [0.29, 0.717) is 12.1 Å². The van der Waals surface area contributed by atoms with Crippen LogP contribution in [-0.2, 0) is 20.5 Å². The second-order valence-electron chi connectivity index (χ2n) is 5.96. The largest absolute Gasteiger partial charge is 0.497 e. The number of ether oxygens (including phenoxy) is 1. The number of hydrogen-bond acceptors (Lipinski definition) is 3. The van der Waals surface area contributed by atoms with E-state index < -0.39 is 0 Å². The highest BCUT2D eigenvalue weighted by Crippen LogP contribution is 2.14. The summed E-state index contributed by atoms with van der Waals surface area (Å²) in [4.78, 5) is 24.3. The maximum absolute atomic E-state index is 12.4. The molecule has 0 saturated carbocycles. The number of amides is 1. The molecule has 0 spiro atoms. The minimum Gasteiger partial charge on any atom is -0.497 e. The van der Waals surface area contributed by atoms with Crippen LogP contribution in [-0.4, -0.2) is 28.7 Å². The van der Waals surface area contributed by atoms with Crippen LogP contribution in [0.25, 0.3) is 11.0 Å². The molecule has 0 atom stereocenters. The fourth-order valence-corrected chi connectivity index (χ4v) is 2.86. The van der Waals surface area contributed by atoms with Crippen molar-refractivity contribution in [2.75, 3.05) is 13.7 Å². The minimum atomic E-state index is -0.147. The van der Waals surface area contributed by atoms with Crippen LogP contribution in [0.3, 0.4) is 0 Å². The van der Waals surface area contributed by atoms with Crippen LogP contribution < -0.4 is 15.7 Å². The first-order chi connectivity index (χ1) is 12.0. The summed E-state index contributed by atoms with van der Waals surface area (Å²) in [5.74, 6) is 0.668. The molecule has 1 N–H and O–H groups in total. The second-order valence-corrected chi connectivity index (χ2v) is 5.96. The number of aromatic nitrogens is 2. The molecule has 0 radical (unpaired) electrons. The lowest BCUT2D eigenvalue weighted by atomic mass is 10.1. The number of carbonyl (C=O) groups is 1. The van der Waals surface area contributed by atoms with Crippen LogP contribution >= 0.6 is 0 Å². The van der Waals surface area contributed by atoms with Crippen molar-refractivity contribution in [3.05, 3.63) is 64.1 Å². The maximum Gasteiger partial charge on any atom is 0.328 e. The Morgan fingerprint density at radius 2 is 1.72 bits per heavy atom. The Balaban J connectivity index is 1.67. The molecule has 0 bridgehead atoms. The van der Waals surface area contributed by atoms with Gasteiger partial charge in [0.05, 0.1) is 18.1 Å². The minimum absolute atomic E-state index is 0.105. The summed E-state index contributed by atoms with van der Waals surface area (Å²) in [5.41, 5.74) is 3.12. The Morgan fingerprint density at radius 3 is 2.40 bits per heavy atom. The predicted octanol–water partition coefficient (Wildman–Crippen LogP) is 1.86. The van der Waals surface area contributed by atoms with Crippen LogP contribution in [0.4, 0.5) is 0 Å². The van der Waals surface area contributed by atoms with E-state index >= 15 is 0 Å². The molecule has 130 valence electrons. The van der Waals surface area contributed by atoms with E-state index in [9.17, 15) is 9.59 Å². The Kier molecular flexibility index (Phi) is 4.61. The van der Waals surface area contributed by atoms with Gasteiger partial charge in [0.1, 0.15) is 5.75 Å². The molecule has 2 aromatic carbocycles. The summed E-state index contributed by atoms with van der Waals surface area (Å²) < 4.78 is 8.24. The Morgan fingerprint density at radius 1 is 1.04 bits per heavy atom. The van der Waals surface area contributed by atoms with Gasteiger partial charge in [-0.05, 0) is 42.3 Å². The van der Waals surface area contributed by atoms with Crippen LogP contribution in [0.1, 0.15) is 15.9 Å². The Labute approximate surface area is 145 Å². The SMILES string of the molecule is COc1ccc(CCNC(=O)c2ccc3c(c2)n(C)c(=O)n3C)cc1. The fourth-order valence-electron chi connectivity index (χ4n) is 2.86. The van der Waals surface area contributed by atoms with E-state index in [4.69, 9.17) is 4.74 Å². The van der Waals surface area contributed by atoms with Gasteiger partial charge in [-0.2, -0.15) is 0 Å². The van der Waals surface area contributed by atoms with Gasteiger partial charge >= 0.3 is 5.69 Å². The molecule has 0 aliphatic rings. The molecular weight excluding hydrogens is 318 g/mol. The van der Waals surface area contributed by atoms with Gasteiger partial charge in [0, 0.05) is 26.2 Å². The van der Waals surface area contributed by atoms with Gasteiger partial charge < -0.3 is 10.1 Å². The number of fused-ring (bicyclic) bond motifs is 1. The Hall–Kier alpha value is -3.02. The molecular formula is C19H21N3O3. The first-order valence-electron chi connectivity index (χ1n) is 8.08. The third kappa shape index (κ3) is 3.28. The van der Waals surface area contributed by atoms with E-state index in [1.807, 2.05) is 24.3 Å². The third-order valence-electron chi connectivity index (χ3n) is 4.39. The fraction of sp³-hybridized carbons (Fsp3) is 0.263. The highest BCUT2D eigenvalue weighted by Gasteiger charge is 2.11. The molecule has 6 heteroatoms. The molecule has 25 heavy (non-hydrogen) atoms. The van der Waals surface area contributed by atoms with Gasteiger partial charge in [0.2, 0.25) is 0 Å². The number of aryl methyl sites for hydroxylation is 2. The first-order valence-corrected chi connectivity index (χ1v) is 8.08. The summed E-state index contributed by atoms with van der Waals surface area (Å²) >= 11 is 0. The molecule has 3 rings (SSSR count). The zero-order valence-corrected chi connectivity index (χ0v) is 14.6. The van der Waals surface area contributed by atoms with Crippen molar-refractivity contribution in [2.24, 2.45) is 14.1 Å². The van der Waals surface area contributed by atoms with Gasteiger partial charge in [-0.15, -0.1) is 0 Å². The molecule has 6 nitrogen and oxygen atoms in total. The maximum atomic E-state index is 12.4. The molecule has 1 amide bonds. The smallest absolute Gasteiger partial charge is 0.328 e. The van der Waals surface area contributed by atoms with Crippen molar-refractivity contribution < 1.29 is 9.53 Å². The van der Waals surface area contributed by atoms with E-state index in [1.165, 1.54) is 0 Å². The first kappa shape index (κ1) is 16.8. The standard InChI is InChI=1S/C19H21N3O3/c1-21-16-9-6-14(12-17(16)22(2)19(21)24)18(23)20-11-10-13-4-7-15(25-3)8-5-13/h4-9,12H,10-11H2,1-3H3,(H,20,23). The number of nitrogens with one attached hydrogen (secondary N) is 1. The quantitative estimate of drug-likeness (QED) is 0.772. The van der Waals surface area contributed by atoms with Gasteiger partial charge in [-0.25, -0.2) is 4.79 Å². The Bertz CT molecular complexity index is 968. The summed E-state index contributed by atoms with van der Waals surface area (Å²) in [6.07, 6.45) is 0.738. The number of imidazole rings is 1. The van der Waals surface area contributed by atoms with E-state index in [1.54, 1.807) is 48.5 Å². The number of rotatable bonds is 5. The zero-order chi connectivity index (χ0) is 18.0. The van der Waals surface area contributed by atoms with E-state index in [-0.39, 0.29) is 11.6 Å². The molecule has 1 heterocycles. The summed E-state index contributed by atoms with van der Waals surface area (Å²) in [5, 5.41) is 2.92. The zero-order valence-electron chi connectivity index (χ0n) is 14.6. The van der Waals surface area contributed by atoms with Crippen molar-refractivity contribution in [1.29, 1.82) is 0 Å². The molecule has 0 saturated heterocycles. The van der Waals surface area contributed by atoms with Gasteiger partial charge in [-0.3, -0.25) is 13.9 Å². The summed E-state index contributed by atoms with van der Waals surface area (Å²) in [7, 11) is 5.06. The molecule has 1 aromatic heterocycles.